The van der Waals surface area contributed by atoms with Gasteiger partial charge >= 0.3 is 6.09 Å². The van der Waals surface area contributed by atoms with Crippen molar-refractivity contribution in [3.8, 4) is 11.1 Å². The molecule has 1 aromatic carbocycles. The number of hydrogen-bond donors (Lipinski definition) is 2. The highest BCUT2D eigenvalue weighted by atomic mass is 19.1. The van der Waals surface area contributed by atoms with E-state index in [0.717, 1.165) is 16.7 Å². The average molecular weight is 444 g/mol. The van der Waals surface area contributed by atoms with Crippen LogP contribution in [0.1, 0.15) is 25.5 Å². The number of aromatic nitrogens is 4. The van der Waals surface area contributed by atoms with Gasteiger partial charge in [0.15, 0.2) is 11.6 Å². The molecule has 9 nitrogen and oxygen atoms in total. The van der Waals surface area contributed by atoms with Crippen molar-refractivity contribution in [3.63, 3.8) is 0 Å². The number of carbonyl (C=O) groups excluding carboxylic acids is 1. The normalized spacial score (nSPS) is 17.9. The number of halogens is 2. The summed E-state index contributed by atoms with van der Waals surface area (Å²) < 4.78 is 35.8. The number of benzene rings is 1. The zero-order chi connectivity index (χ0) is 23.0. The molecule has 1 fully saturated rings. The highest BCUT2D eigenvalue weighted by Gasteiger charge is 2.39. The summed E-state index contributed by atoms with van der Waals surface area (Å²) in [5.41, 5.74) is 1.83. The van der Waals surface area contributed by atoms with Crippen molar-refractivity contribution in [2.24, 2.45) is 7.05 Å². The van der Waals surface area contributed by atoms with Gasteiger partial charge in [0.25, 0.3) is 0 Å². The van der Waals surface area contributed by atoms with Gasteiger partial charge in [-0.2, -0.15) is 10.1 Å². The third-order valence-corrected chi connectivity index (χ3v) is 5.27. The van der Waals surface area contributed by atoms with Crippen LogP contribution in [-0.4, -0.2) is 49.7 Å². The van der Waals surface area contributed by atoms with Gasteiger partial charge in [-0.15, -0.1) is 0 Å². The number of anilines is 2. The number of nitrogens with one attached hydrogen (secondary N) is 1. The van der Waals surface area contributed by atoms with Gasteiger partial charge in [0.2, 0.25) is 5.95 Å². The van der Waals surface area contributed by atoms with Gasteiger partial charge in [0, 0.05) is 24.4 Å². The van der Waals surface area contributed by atoms with Crippen LogP contribution in [0.15, 0.2) is 36.8 Å². The van der Waals surface area contributed by atoms with E-state index in [4.69, 9.17) is 4.74 Å². The number of amides is 1. The van der Waals surface area contributed by atoms with E-state index in [1.165, 1.54) is 13.0 Å². The summed E-state index contributed by atoms with van der Waals surface area (Å²) in [5, 5.41) is 16.9. The molecule has 1 saturated heterocycles. The van der Waals surface area contributed by atoms with E-state index in [0.29, 0.717) is 11.1 Å². The lowest BCUT2D eigenvalue weighted by Gasteiger charge is -2.23. The first kappa shape index (κ1) is 21.6. The Hall–Kier alpha value is -3.60. The third-order valence-electron chi connectivity index (χ3n) is 5.27. The number of rotatable bonds is 6. The van der Waals surface area contributed by atoms with Crippen molar-refractivity contribution in [3.05, 3.63) is 54.0 Å². The Labute approximate surface area is 182 Å². The minimum absolute atomic E-state index is 0.00585. The first-order valence-electron chi connectivity index (χ1n) is 9.96. The lowest BCUT2D eigenvalue weighted by Crippen LogP contribution is -2.42. The fourth-order valence-corrected chi connectivity index (χ4v) is 3.53. The van der Waals surface area contributed by atoms with Crippen molar-refractivity contribution in [1.29, 1.82) is 0 Å². The molecule has 3 aromatic rings. The molecular formula is C21H22F2N6O3. The van der Waals surface area contributed by atoms with Gasteiger partial charge in [-0.25, -0.2) is 23.5 Å². The highest BCUT2D eigenvalue weighted by Crippen LogP contribution is 2.29. The summed E-state index contributed by atoms with van der Waals surface area (Å²) >= 11 is 0. The van der Waals surface area contributed by atoms with E-state index in [1.54, 1.807) is 43.2 Å². The molecule has 1 unspecified atom stereocenters. The van der Waals surface area contributed by atoms with Crippen molar-refractivity contribution >= 4 is 17.9 Å². The molecule has 3 atom stereocenters. The zero-order valence-electron chi connectivity index (χ0n) is 17.7. The van der Waals surface area contributed by atoms with Gasteiger partial charge in [-0.3, -0.25) is 4.68 Å². The van der Waals surface area contributed by atoms with E-state index in [1.807, 2.05) is 0 Å². The second-order valence-corrected chi connectivity index (χ2v) is 7.63. The number of nitrogens with zero attached hydrogens (tertiary/aromatic N) is 5. The van der Waals surface area contributed by atoms with E-state index in [2.05, 4.69) is 20.4 Å². The van der Waals surface area contributed by atoms with Gasteiger partial charge in [0.1, 0.15) is 18.5 Å². The summed E-state index contributed by atoms with van der Waals surface area (Å²) in [4.78, 5) is 21.0. The predicted octanol–water partition coefficient (Wildman–Crippen LogP) is 3.03. The summed E-state index contributed by atoms with van der Waals surface area (Å²) in [6.07, 6.45) is 2.56. The molecule has 3 heterocycles. The number of hydrogen-bond acceptors (Lipinski definition) is 7. The summed E-state index contributed by atoms with van der Waals surface area (Å²) in [6.45, 7) is 3.09. The molecule has 2 N–H and O–H groups in total. The van der Waals surface area contributed by atoms with Gasteiger partial charge in [0.05, 0.1) is 24.5 Å². The molecule has 4 rings (SSSR count). The van der Waals surface area contributed by atoms with E-state index in [-0.39, 0.29) is 18.4 Å². The van der Waals surface area contributed by atoms with Crippen LogP contribution in [0.3, 0.4) is 0 Å². The molecule has 0 saturated carbocycles. The number of aryl methyl sites for hydroxylation is 1. The third kappa shape index (κ3) is 4.11. The van der Waals surface area contributed by atoms with Crippen molar-refractivity contribution in [2.45, 2.75) is 32.0 Å². The Morgan fingerprint density at radius 3 is 2.66 bits per heavy atom. The lowest BCUT2D eigenvalue weighted by molar-refractivity contribution is 0.142. The molecule has 1 amide bonds. The standard InChI is InChI=1S/C21H22F2N6O3/c1-11(15-5-4-13(6-16(15)22)14-7-25-28(3)9-14)26-20-24-8-17(23)19(27-20)29-18(12(2)30)10-32-21(29)31/h4-9,11-12,18,30H,10H2,1-3H3,(H,24,26,27)/t11-,12+,18?/m0/s1. The summed E-state index contributed by atoms with van der Waals surface area (Å²) in [5.74, 6) is -1.62. The maximum atomic E-state index is 14.8. The molecule has 168 valence electrons. The number of aliphatic hydroxyl groups is 1. The molecular weight excluding hydrogens is 422 g/mol. The number of aliphatic hydroxyl groups excluding tert-OH is 1. The second-order valence-electron chi connectivity index (χ2n) is 7.63. The largest absolute Gasteiger partial charge is 0.447 e. The molecule has 2 aromatic heterocycles. The van der Waals surface area contributed by atoms with Crippen LogP contribution in [0.25, 0.3) is 11.1 Å². The van der Waals surface area contributed by atoms with Crippen LogP contribution in [0.4, 0.5) is 25.3 Å². The predicted molar refractivity (Wildman–Crippen MR) is 112 cm³/mol. The SMILES string of the molecule is C[C@H](Nc1ncc(F)c(N2C(=O)OCC2[C@@H](C)O)n1)c1ccc(-c2cnn(C)c2)cc1F. The molecule has 0 bridgehead atoms. The number of cyclic esters (lactones) is 1. The van der Waals surface area contributed by atoms with Crippen molar-refractivity contribution in [1.82, 2.24) is 19.7 Å². The van der Waals surface area contributed by atoms with E-state index >= 15 is 0 Å². The molecule has 32 heavy (non-hydrogen) atoms. The summed E-state index contributed by atoms with van der Waals surface area (Å²) in [7, 11) is 1.78. The zero-order valence-corrected chi connectivity index (χ0v) is 17.7. The van der Waals surface area contributed by atoms with Crippen LogP contribution < -0.4 is 10.2 Å². The minimum atomic E-state index is -0.960. The monoisotopic (exact) mass is 444 g/mol. The molecule has 1 aliphatic heterocycles. The van der Waals surface area contributed by atoms with Crippen LogP contribution in [0.2, 0.25) is 0 Å². The fourth-order valence-electron chi connectivity index (χ4n) is 3.53. The number of ether oxygens (including phenoxy) is 1. The molecule has 11 heteroatoms. The van der Waals surface area contributed by atoms with E-state index in [9.17, 15) is 18.7 Å². The van der Waals surface area contributed by atoms with Gasteiger partial charge in [-0.1, -0.05) is 12.1 Å². The lowest BCUT2D eigenvalue weighted by atomic mass is 10.0. The molecule has 0 radical (unpaired) electrons. The fraction of sp³-hybridized carbons (Fsp3) is 0.333. The van der Waals surface area contributed by atoms with Crippen molar-refractivity contribution in [2.75, 3.05) is 16.8 Å². The minimum Gasteiger partial charge on any atom is -0.447 e. The van der Waals surface area contributed by atoms with Crippen LogP contribution in [0.5, 0.6) is 0 Å². The van der Waals surface area contributed by atoms with Crippen molar-refractivity contribution < 1.29 is 23.4 Å². The second kappa shape index (κ2) is 8.50. The topological polar surface area (TPSA) is 105 Å². The average Bonchev–Trinajstić information content (AvgIpc) is 3.35. The van der Waals surface area contributed by atoms with Gasteiger partial charge in [-0.05, 0) is 25.5 Å². The molecule has 1 aliphatic rings. The first-order valence-corrected chi connectivity index (χ1v) is 9.96. The quantitative estimate of drug-likeness (QED) is 0.602. The van der Waals surface area contributed by atoms with Crippen LogP contribution in [0, 0.1) is 11.6 Å². The number of carbonyl (C=O) groups is 1. The highest BCUT2D eigenvalue weighted by molar-refractivity contribution is 5.89. The summed E-state index contributed by atoms with van der Waals surface area (Å²) in [6, 6.07) is 3.48. The Morgan fingerprint density at radius 1 is 1.22 bits per heavy atom. The Balaban J connectivity index is 1.57. The molecule has 0 aliphatic carbocycles. The first-order chi connectivity index (χ1) is 15.2. The Bertz CT molecular complexity index is 1150. The smallest absolute Gasteiger partial charge is 0.416 e. The molecule has 0 spiro atoms. The van der Waals surface area contributed by atoms with Gasteiger partial charge < -0.3 is 15.2 Å². The van der Waals surface area contributed by atoms with Crippen LogP contribution in [-0.2, 0) is 11.8 Å². The van der Waals surface area contributed by atoms with Crippen LogP contribution >= 0.6 is 0 Å². The van der Waals surface area contributed by atoms with E-state index < -0.39 is 35.9 Å². The maximum Gasteiger partial charge on any atom is 0.416 e. The Morgan fingerprint density at radius 2 is 2.00 bits per heavy atom. The Kier molecular flexibility index (Phi) is 5.74. The maximum absolute atomic E-state index is 14.8.